The van der Waals surface area contributed by atoms with Crippen molar-refractivity contribution in [2.75, 3.05) is 20.2 Å². The fourth-order valence-corrected chi connectivity index (χ4v) is 3.30. The molecule has 0 fully saturated rings. The second kappa shape index (κ2) is 7.26. The first-order chi connectivity index (χ1) is 9.67. The summed E-state index contributed by atoms with van der Waals surface area (Å²) in [5.74, 6) is -0.754. The highest BCUT2D eigenvalue weighted by atomic mass is 32.2. The first-order valence-corrected chi connectivity index (χ1v) is 8.19. The van der Waals surface area contributed by atoms with Crippen LogP contribution in [0, 0.1) is 5.82 Å². The van der Waals surface area contributed by atoms with E-state index in [1.54, 1.807) is 0 Å². The van der Waals surface area contributed by atoms with Crippen LogP contribution in [-0.2, 0) is 14.8 Å². The quantitative estimate of drug-likeness (QED) is 0.765. The minimum absolute atomic E-state index is 0.00227. The molecular formula is C13H19FN2O3S2. The van der Waals surface area contributed by atoms with E-state index in [0.29, 0.717) is 0 Å². The number of likely N-dealkylation sites (N-methyl/N-ethyl adjacent to an activating group) is 1. The van der Waals surface area contributed by atoms with Crippen LogP contribution in [-0.4, -0.2) is 44.0 Å². The Morgan fingerprint density at radius 2 is 2.10 bits per heavy atom. The zero-order chi connectivity index (χ0) is 16.2. The van der Waals surface area contributed by atoms with E-state index in [0.717, 1.165) is 10.4 Å². The maximum atomic E-state index is 13.8. The zero-order valence-electron chi connectivity index (χ0n) is 12.2. The third-order valence-electron chi connectivity index (χ3n) is 2.77. The highest BCUT2D eigenvalue weighted by molar-refractivity contribution is 7.89. The lowest BCUT2D eigenvalue weighted by Gasteiger charge is -2.19. The molecule has 0 unspecified atom stereocenters. The Kier molecular flexibility index (Phi) is 6.21. The first kappa shape index (κ1) is 18.0. The van der Waals surface area contributed by atoms with Crippen molar-refractivity contribution in [3.05, 3.63) is 29.6 Å². The molecule has 1 aromatic rings. The largest absolute Gasteiger partial charge is 0.389 e. The first-order valence-electron chi connectivity index (χ1n) is 6.34. The minimum atomic E-state index is -3.89. The summed E-state index contributed by atoms with van der Waals surface area (Å²) >= 11 is 4.74. The lowest BCUT2D eigenvalue weighted by atomic mass is 10.2. The fraction of sp³-hybridized carbons (Fsp3) is 0.462. The molecule has 5 nitrogen and oxygen atoms in total. The van der Waals surface area contributed by atoms with Gasteiger partial charge in [-0.25, -0.2) is 12.8 Å². The number of hydrogen-bond donors (Lipinski definition) is 1. The molecule has 0 saturated carbocycles. The Labute approximate surface area is 129 Å². The summed E-state index contributed by atoms with van der Waals surface area (Å²) in [6.45, 7) is 4.09. The zero-order valence-corrected chi connectivity index (χ0v) is 13.8. The van der Waals surface area contributed by atoms with Gasteiger partial charge in [-0.3, -0.25) is 0 Å². The van der Waals surface area contributed by atoms with Crippen LogP contribution < -0.4 is 5.73 Å². The summed E-state index contributed by atoms with van der Waals surface area (Å²) in [5, 5.41) is 0. The van der Waals surface area contributed by atoms with Gasteiger partial charge in [0.15, 0.2) is 0 Å². The van der Waals surface area contributed by atoms with E-state index in [-0.39, 0.29) is 34.7 Å². The molecule has 0 aliphatic heterocycles. The second-order valence-corrected chi connectivity index (χ2v) is 7.18. The molecule has 0 spiro atoms. The standard InChI is InChI=1S/C13H19FN2O3S2/c1-9(2)19-8-7-16(3)21(17,18)11-6-4-5-10(14)12(11)13(15)20/h4-6,9H,7-8H2,1-3H3,(H2,15,20). The number of nitrogens with two attached hydrogens (primary N) is 1. The van der Waals surface area contributed by atoms with Gasteiger partial charge in [0.1, 0.15) is 10.8 Å². The molecule has 118 valence electrons. The van der Waals surface area contributed by atoms with E-state index in [2.05, 4.69) is 0 Å². The molecule has 0 heterocycles. The number of ether oxygens (including phenoxy) is 1. The predicted molar refractivity (Wildman–Crippen MR) is 83.2 cm³/mol. The molecule has 1 aromatic carbocycles. The van der Waals surface area contributed by atoms with Crippen LogP contribution in [0.15, 0.2) is 23.1 Å². The number of sulfonamides is 1. The van der Waals surface area contributed by atoms with Crippen LogP contribution >= 0.6 is 12.2 Å². The molecule has 0 aliphatic rings. The summed E-state index contributed by atoms with van der Waals surface area (Å²) in [6.07, 6.45) is 0.00227. The molecule has 0 bridgehead atoms. The number of rotatable bonds is 7. The fourth-order valence-electron chi connectivity index (χ4n) is 1.66. The lowest BCUT2D eigenvalue weighted by molar-refractivity contribution is 0.0737. The minimum Gasteiger partial charge on any atom is -0.389 e. The van der Waals surface area contributed by atoms with Crippen molar-refractivity contribution in [1.82, 2.24) is 4.31 Å². The molecule has 8 heteroatoms. The van der Waals surface area contributed by atoms with Crippen molar-refractivity contribution < 1.29 is 17.5 Å². The van der Waals surface area contributed by atoms with E-state index in [1.807, 2.05) is 13.8 Å². The normalized spacial score (nSPS) is 12.1. The van der Waals surface area contributed by atoms with Crippen LogP contribution in [0.5, 0.6) is 0 Å². The van der Waals surface area contributed by atoms with E-state index >= 15 is 0 Å². The van der Waals surface area contributed by atoms with Crippen LogP contribution in [0.3, 0.4) is 0 Å². The summed E-state index contributed by atoms with van der Waals surface area (Å²) in [6, 6.07) is 3.71. The Morgan fingerprint density at radius 1 is 1.48 bits per heavy atom. The monoisotopic (exact) mass is 334 g/mol. The van der Waals surface area contributed by atoms with E-state index in [9.17, 15) is 12.8 Å². The summed E-state index contributed by atoms with van der Waals surface area (Å²) in [5.41, 5.74) is 5.18. The SMILES string of the molecule is CC(C)OCCN(C)S(=O)(=O)c1cccc(F)c1C(N)=S. The highest BCUT2D eigenvalue weighted by Crippen LogP contribution is 2.21. The van der Waals surface area contributed by atoms with Crippen LogP contribution in [0.4, 0.5) is 4.39 Å². The second-order valence-electron chi connectivity index (χ2n) is 4.72. The van der Waals surface area contributed by atoms with Gasteiger partial charge in [-0.05, 0) is 26.0 Å². The van der Waals surface area contributed by atoms with Gasteiger partial charge in [-0.15, -0.1) is 0 Å². The molecule has 0 amide bonds. The van der Waals surface area contributed by atoms with Gasteiger partial charge in [0, 0.05) is 13.6 Å². The van der Waals surface area contributed by atoms with Crippen LogP contribution in [0.2, 0.25) is 0 Å². The average molecular weight is 334 g/mol. The van der Waals surface area contributed by atoms with Crippen molar-refractivity contribution in [1.29, 1.82) is 0 Å². The van der Waals surface area contributed by atoms with Gasteiger partial charge in [0.2, 0.25) is 10.0 Å². The third kappa shape index (κ3) is 4.44. The van der Waals surface area contributed by atoms with Crippen molar-refractivity contribution in [3.63, 3.8) is 0 Å². The molecule has 0 radical (unpaired) electrons. The van der Waals surface area contributed by atoms with E-state index in [1.165, 1.54) is 19.2 Å². The lowest BCUT2D eigenvalue weighted by Crippen LogP contribution is -2.32. The van der Waals surface area contributed by atoms with Gasteiger partial charge in [-0.2, -0.15) is 4.31 Å². The number of halogens is 1. The molecule has 1 rings (SSSR count). The smallest absolute Gasteiger partial charge is 0.243 e. The molecule has 2 N–H and O–H groups in total. The molecule has 0 atom stereocenters. The maximum Gasteiger partial charge on any atom is 0.243 e. The molecular weight excluding hydrogens is 315 g/mol. The molecule has 0 saturated heterocycles. The topological polar surface area (TPSA) is 72.6 Å². The molecule has 21 heavy (non-hydrogen) atoms. The average Bonchev–Trinajstić information content (AvgIpc) is 2.37. The van der Waals surface area contributed by atoms with Gasteiger partial charge >= 0.3 is 0 Å². The molecule has 0 aliphatic carbocycles. The summed E-state index contributed by atoms with van der Waals surface area (Å²) in [7, 11) is -2.49. The molecule has 0 aromatic heterocycles. The van der Waals surface area contributed by atoms with E-state index in [4.69, 9.17) is 22.7 Å². The van der Waals surface area contributed by atoms with Crippen molar-refractivity contribution in [2.24, 2.45) is 5.73 Å². The Bertz CT molecular complexity index is 618. The van der Waals surface area contributed by atoms with Gasteiger partial charge in [0.05, 0.1) is 23.2 Å². The Balaban J connectivity index is 3.08. The van der Waals surface area contributed by atoms with Crippen molar-refractivity contribution in [2.45, 2.75) is 24.8 Å². The van der Waals surface area contributed by atoms with Gasteiger partial charge in [0.25, 0.3) is 0 Å². The number of benzene rings is 1. The number of thiocarbonyl (C=S) groups is 1. The highest BCUT2D eigenvalue weighted by Gasteiger charge is 2.26. The van der Waals surface area contributed by atoms with Crippen LogP contribution in [0.25, 0.3) is 0 Å². The number of nitrogens with zero attached hydrogens (tertiary/aromatic N) is 1. The van der Waals surface area contributed by atoms with Gasteiger partial charge < -0.3 is 10.5 Å². The maximum absolute atomic E-state index is 13.8. The van der Waals surface area contributed by atoms with Gasteiger partial charge in [-0.1, -0.05) is 18.3 Å². The van der Waals surface area contributed by atoms with Crippen molar-refractivity contribution in [3.8, 4) is 0 Å². The van der Waals surface area contributed by atoms with Crippen molar-refractivity contribution >= 4 is 27.2 Å². The third-order valence-corrected chi connectivity index (χ3v) is 4.87. The summed E-state index contributed by atoms with van der Waals surface area (Å²) < 4.78 is 45.1. The number of hydrogen-bond acceptors (Lipinski definition) is 4. The van der Waals surface area contributed by atoms with Crippen LogP contribution in [0.1, 0.15) is 19.4 Å². The summed E-state index contributed by atoms with van der Waals surface area (Å²) in [4.78, 5) is -0.527. The predicted octanol–water partition coefficient (Wildman–Crippen LogP) is 1.51. The Morgan fingerprint density at radius 3 is 2.62 bits per heavy atom. The Hall–Kier alpha value is -1.09. The van der Waals surface area contributed by atoms with E-state index < -0.39 is 15.8 Å².